The van der Waals surface area contributed by atoms with E-state index in [4.69, 9.17) is 4.98 Å². The lowest BCUT2D eigenvalue weighted by atomic mass is 9.51. The summed E-state index contributed by atoms with van der Waals surface area (Å²) >= 11 is 0. The highest BCUT2D eigenvalue weighted by atomic mass is 19.4. The Balaban J connectivity index is 1.43. The molecule has 1 atom stereocenters. The van der Waals surface area contributed by atoms with Crippen molar-refractivity contribution in [1.82, 2.24) is 4.98 Å². The van der Waals surface area contributed by atoms with Gasteiger partial charge in [-0.15, -0.1) is 0 Å². The molecule has 0 amide bonds. The van der Waals surface area contributed by atoms with Gasteiger partial charge < -0.3 is 0 Å². The third kappa shape index (κ3) is 4.17. The van der Waals surface area contributed by atoms with Gasteiger partial charge in [0, 0.05) is 28.7 Å². The van der Waals surface area contributed by atoms with E-state index in [1.807, 2.05) is 36.4 Å². The molecule has 1 saturated carbocycles. The van der Waals surface area contributed by atoms with Crippen LogP contribution in [0.15, 0.2) is 59.7 Å². The monoisotopic (exact) mass is 479 g/mol. The molecule has 0 N–H and O–H groups in total. The molecule has 2 aromatic rings. The molecule has 3 nitrogen and oxygen atoms in total. The van der Waals surface area contributed by atoms with Crippen molar-refractivity contribution in [3.63, 3.8) is 0 Å². The molecule has 3 aliphatic rings. The Morgan fingerprint density at radius 2 is 1.77 bits per heavy atom. The van der Waals surface area contributed by atoms with Crippen LogP contribution in [0.2, 0.25) is 0 Å². The van der Waals surface area contributed by atoms with Crippen molar-refractivity contribution in [1.29, 1.82) is 0 Å². The smallest absolute Gasteiger partial charge is 0.298 e. The molecule has 1 spiro atoms. The Bertz CT molecular complexity index is 1230. The Morgan fingerprint density at radius 1 is 1.06 bits per heavy atom. The van der Waals surface area contributed by atoms with E-state index in [0.717, 1.165) is 28.6 Å². The molecule has 35 heavy (non-hydrogen) atoms. The molecule has 1 heterocycles. The molecule has 182 valence electrons. The lowest BCUT2D eigenvalue weighted by Crippen LogP contribution is -2.46. The molecular formula is C29H28F3NO2. The molecular weight excluding hydrogens is 451 g/mol. The van der Waals surface area contributed by atoms with Crippen LogP contribution in [-0.4, -0.2) is 23.2 Å². The fourth-order valence-electron chi connectivity index (χ4n) is 6.12. The van der Waals surface area contributed by atoms with Gasteiger partial charge in [0.05, 0.1) is 5.69 Å². The summed E-state index contributed by atoms with van der Waals surface area (Å²) in [5, 5.41) is 0. The Labute approximate surface area is 203 Å². The van der Waals surface area contributed by atoms with Gasteiger partial charge in [0.2, 0.25) is 0 Å². The number of halogens is 3. The van der Waals surface area contributed by atoms with Crippen molar-refractivity contribution in [3.05, 3.63) is 76.6 Å². The van der Waals surface area contributed by atoms with Crippen molar-refractivity contribution in [2.75, 3.05) is 0 Å². The fourth-order valence-corrected chi connectivity index (χ4v) is 6.12. The van der Waals surface area contributed by atoms with E-state index in [0.29, 0.717) is 43.1 Å². The van der Waals surface area contributed by atoms with Crippen LogP contribution < -0.4 is 0 Å². The van der Waals surface area contributed by atoms with Crippen LogP contribution in [0.25, 0.3) is 11.1 Å². The first-order valence-corrected chi connectivity index (χ1v) is 12.2. The summed E-state index contributed by atoms with van der Waals surface area (Å²) in [5.41, 5.74) is 3.39. The highest BCUT2D eigenvalue weighted by Gasteiger charge is 2.54. The van der Waals surface area contributed by atoms with Crippen LogP contribution in [0.4, 0.5) is 13.2 Å². The van der Waals surface area contributed by atoms with Gasteiger partial charge in [-0.05, 0) is 66.2 Å². The number of fused-ring (bicyclic) bond motifs is 1. The maximum atomic E-state index is 13.4. The first-order chi connectivity index (χ1) is 16.6. The summed E-state index contributed by atoms with van der Waals surface area (Å²) in [4.78, 5) is 29.9. The predicted octanol–water partition coefficient (Wildman–Crippen LogP) is 7.03. The highest BCUT2D eigenvalue weighted by molar-refractivity contribution is 6.04. The third-order valence-corrected chi connectivity index (χ3v) is 8.04. The zero-order valence-electron chi connectivity index (χ0n) is 19.9. The number of aromatic nitrogens is 1. The molecule has 5 rings (SSSR count). The zero-order valence-corrected chi connectivity index (χ0v) is 19.9. The predicted molar refractivity (Wildman–Crippen MR) is 128 cm³/mol. The maximum absolute atomic E-state index is 13.4. The lowest BCUT2D eigenvalue weighted by Gasteiger charge is -2.53. The highest BCUT2D eigenvalue weighted by Crippen LogP contribution is 2.60. The van der Waals surface area contributed by atoms with Crippen LogP contribution in [0.3, 0.4) is 0 Å². The quantitative estimate of drug-likeness (QED) is 0.442. The minimum Gasteiger partial charge on any atom is -0.298 e. The van der Waals surface area contributed by atoms with E-state index in [1.165, 1.54) is 6.08 Å². The van der Waals surface area contributed by atoms with Gasteiger partial charge in [0.1, 0.15) is 6.29 Å². The minimum atomic E-state index is -4.40. The van der Waals surface area contributed by atoms with Crippen molar-refractivity contribution < 1.29 is 22.8 Å². The second kappa shape index (κ2) is 8.58. The SMILES string of the molecule is CC(C)c1cc(-c2ccccc2)c2c(n1)CC(C1CC3(CC(C(F)(F)F)=CC=C3C=O)C1)CC2=O. The number of rotatable bonds is 4. The van der Waals surface area contributed by atoms with Gasteiger partial charge in [-0.1, -0.05) is 56.3 Å². The van der Waals surface area contributed by atoms with Crippen LogP contribution in [-0.2, 0) is 11.2 Å². The van der Waals surface area contributed by atoms with Crippen molar-refractivity contribution in [2.45, 2.75) is 58.0 Å². The number of hydrogen-bond donors (Lipinski definition) is 0. The van der Waals surface area contributed by atoms with Crippen molar-refractivity contribution in [2.24, 2.45) is 17.3 Å². The van der Waals surface area contributed by atoms with Gasteiger partial charge in [-0.25, -0.2) is 0 Å². The molecule has 1 fully saturated rings. The first-order valence-electron chi connectivity index (χ1n) is 12.2. The fraction of sp³-hybridized carbons (Fsp3) is 0.414. The van der Waals surface area contributed by atoms with E-state index in [1.54, 1.807) is 0 Å². The number of carbonyl (C=O) groups excluding carboxylic acids is 2. The zero-order chi connectivity index (χ0) is 25.0. The van der Waals surface area contributed by atoms with E-state index < -0.39 is 17.2 Å². The number of allylic oxidation sites excluding steroid dienone is 4. The van der Waals surface area contributed by atoms with Gasteiger partial charge in [0.15, 0.2) is 5.78 Å². The number of aldehydes is 1. The lowest BCUT2D eigenvalue weighted by molar-refractivity contribution is -0.111. The standard InChI is InChI=1S/C29H28F3NO2/c1-17(2)24-12-23(18-6-4-3-5-7-18)27-25(33-24)10-19(11-26(27)35)20-13-28(14-20)15-21(29(30,31)32)8-9-22(28)16-34/h3-9,12,16-17,19-20H,10-11,13-15H2,1-2H3. The van der Waals surface area contributed by atoms with Gasteiger partial charge >= 0.3 is 6.18 Å². The molecule has 0 bridgehead atoms. The second-order valence-electron chi connectivity index (χ2n) is 10.6. The summed E-state index contributed by atoms with van der Waals surface area (Å²) in [6.07, 6.45) is 0.481. The molecule has 1 aromatic heterocycles. The summed E-state index contributed by atoms with van der Waals surface area (Å²) in [6, 6.07) is 11.9. The van der Waals surface area contributed by atoms with E-state index in [-0.39, 0.29) is 30.0 Å². The second-order valence-corrected chi connectivity index (χ2v) is 10.6. The Morgan fingerprint density at radius 3 is 2.40 bits per heavy atom. The molecule has 1 unspecified atom stereocenters. The number of hydrogen-bond acceptors (Lipinski definition) is 3. The number of ketones is 1. The van der Waals surface area contributed by atoms with Crippen LogP contribution in [0.1, 0.15) is 67.2 Å². The first kappa shape index (κ1) is 23.7. The topological polar surface area (TPSA) is 47.0 Å². The largest absolute Gasteiger partial charge is 0.412 e. The number of alkyl halides is 3. The van der Waals surface area contributed by atoms with Crippen LogP contribution in [0.5, 0.6) is 0 Å². The van der Waals surface area contributed by atoms with Crippen molar-refractivity contribution in [3.8, 4) is 11.1 Å². The molecule has 1 aromatic carbocycles. The van der Waals surface area contributed by atoms with Crippen molar-refractivity contribution >= 4 is 12.1 Å². The third-order valence-electron chi connectivity index (χ3n) is 8.04. The average Bonchev–Trinajstić information content (AvgIpc) is 2.81. The molecule has 0 aliphatic heterocycles. The van der Waals surface area contributed by atoms with Gasteiger partial charge in [-0.2, -0.15) is 13.2 Å². The summed E-state index contributed by atoms with van der Waals surface area (Å²) in [5.74, 6) is 0.352. The summed E-state index contributed by atoms with van der Waals surface area (Å²) in [7, 11) is 0. The number of Topliss-reactive ketones (excluding diaryl/α,β-unsaturated/α-hetero) is 1. The van der Waals surface area contributed by atoms with Gasteiger partial charge in [-0.3, -0.25) is 14.6 Å². The Kier molecular flexibility index (Phi) is 5.81. The molecule has 6 heteroatoms. The number of nitrogens with zero attached hydrogens (tertiary/aromatic N) is 1. The van der Waals surface area contributed by atoms with Gasteiger partial charge in [0.25, 0.3) is 0 Å². The maximum Gasteiger partial charge on any atom is 0.412 e. The number of benzene rings is 1. The molecule has 0 radical (unpaired) electrons. The normalized spacial score (nSPS) is 26.2. The summed E-state index contributed by atoms with van der Waals surface area (Å²) in [6.45, 7) is 4.15. The van der Waals surface area contributed by atoms with Crippen LogP contribution in [0, 0.1) is 17.3 Å². The van der Waals surface area contributed by atoms with E-state index >= 15 is 0 Å². The van der Waals surface area contributed by atoms with E-state index in [9.17, 15) is 22.8 Å². The average molecular weight is 480 g/mol. The number of carbonyl (C=O) groups is 2. The molecule has 3 aliphatic carbocycles. The van der Waals surface area contributed by atoms with Crippen LogP contribution >= 0.6 is 0 Å². The number of pyridine rings is 1. The molecule has 0 saturated heterocycles. The van der Waals surface area contributed by atoms with E-state index in [2.05, 4.69) is 13.8 Å². The minimum absolute atomic E-state index is 0.0207. The Hall–Kier alpha value is -3.02. The summed E-state index contributed by atoms with van der Waals surface area (Å²) < 4.78 is 40.2.